The van der Waals surface area contributed by atoms with Gasteiger partial charge in [0.15, 0.2) is 5.16 Å². The van der Waals surface area contributed by atoms with Crippen LogP contribution >= 0.6 is 11.8 Å². The van der Waals surface area contributed by atoms with Gasteiger partial charge >= 0.3 is 0 Å². The lowest BCUT2D eigenvalue weighted by molar-refractivity contribution is -0.113. The summed E-state index contributed by atoms with van der Waals surface area (Å²) in [4.78, 5) is 16.4. The molecule has 1 amide bonds. The third-order valence-electron chi connectivity index (χ3n) is 4.28. The Morgan fingerprint density at radius 1 is 0.931 bits per heavy atom. The maximum Gasteiger partial charge on any atom is 0.234 e. The van der Waals surface area contributed by atoms with Crippen molar-refractivity contribution in [2.75, 3.05) is 11.1 Å². The van der Waals surface area contributed by atoms with Gasteiger partial charge in [-0.1, -0.05) is 42.1 Å². The van der Waals surface area contributed by atoms with Crippen LogP contribution in [0, 0.1) is 0 Å². The first-order valence-electron chi connectivity index (χ1n) is 9.14. The second-order valence-electron chi connectivity index (χ2n) is 6.39. The topological polar surface area (TPSA) is 72.7 Å². The van der Waals surface area contributed by atoms with E-state index in [2.05, 4.69) is 20.5 Å². The SMILES string of the molecule is O=C(CSc1nncn1-c1ccccc1)Nc1ccc(Cc2ccncc2)cc1. The minimum atomic E-state index is -0.0838. The van der Waals surface area contributed by atoms with Crippen LogP contribution in [0.2, 0.25) is 0 Å². The van der Waals surface area contributed by atoms with E-state index in [-0.39, 0.29) is 11.7 Å². The summed E-state index contributed by atoms with van der Waals surface area (Å²) in [6.45, 7) is 0. The van der Waals surface area contributed by atoms with Crippen LogP contribution in [0.15, 0.2) is 90.6 Å². The van der Waals surface area contributed by atoms with Crippen molar-refractivity contribution in [3.05, 3.63) is 96.6 Å². The molecule has 2 aromatic heterocycles. The molecule has 4 aromatic rings. The number of para-hydroxylation sites is 1. The van der Waals surface area contributed by atoms with Crippen LogP contribution in [0.1, 0.15) is 11.1 Å². The molecule has 0 saturated carbocycles. The van der Waals surface area contributed by atoms with Gasteiger partial charge in [0.05, 0.1) is 5.75 Å². The number of carbonyl (C=O) groups is 1. The fraction of sp³-hybridized carbons (Fsp3) is 0.0909. The van der Waals surface area contributed by atoms with Crippen LogP contribution in [0.5, 0.6) is 0 Å². The smallest absolute Gasteiger partial charge is 0.234 e. The number of rotatable bonds is 7. The van der Waals surface area contributed by atoms with Gasteiger partial charge in [0.2, 0.25) is 5.91 Å². The van der Waals surface area contributed by atoms with Gasteiger partial charge in [-0.05, 0) is 53.9 Å². The Bertz CT molecular complexity index is 1070. The molecule has 0 radical (unpaired) electrons. The lowest BCUT2D eigenvalue weighted by Crippen LogP contribution is -2.14. The molecule has 6 nitrogen and oxygen atoms in total. The fourth-order valence-corrected chi connectivity index (χ4v) is 3.59. The Hall–Kier alpha value is -3.45. The molecular formula is C22H19N5OS. The third kappa shape index (κ3) is 5.08. The summed E-state index contributed by atoms with van der Waals surface area (Å²) in [6.07, 6.45) is 6.07. The van der Waals surface area contributed by atoms with Crippen LogP contribution in [-0.2, 0) is 11.2 Å². The zero-order valence-corrected chi connectivity index (χ0v) is 16.4. The van der Waals surface area contributed by atoms with Gasteiger partial charge in [-0.25, -0.2) is 0 Å². The van der Waals surface area contributed by atoms with Crippen molar-refractivity contribution >= 4 is 23.4 Å². The van der Waals surface area contributed by atoms with Crippen molar-refractivity contribution in [1.29, 1.82) is 0 Å². The van der Waals surface area contributed by atoms with E-state index in [1.165, 1.54) is 22.9 Å². The second-order valence-corrected chi connectivity index (χ2v) is 7.33. The number of carbonyl (C=O) groups excluding carboxylic acids is 1. The first kappa shape index (κ1) is 18.9. The highest BCUT2D eigenvalue weighted by Gasteiger charge is 2.10. The molecule has 0 unspecified atom stereocenters. The minimum absolute atomic E-state index is 0.0838. The molecule has 4 rings (SSSR count). The predicted octanol–water partition coefficient (Wildman–Crippen LogP) is 3.98. The predicted molar refractivity (Wildman–Crippen MR) is 114 cm³/mol. The van der Waals surface area contributed by atoms with Gasteiger partial charge in [0, 0.05) is 23.8 Å². The van der Waals surface area contributed by atoms with Crippen LogP contribution in [0.25, 0.3) is 5.69 Å². The van der Waals surface area contributed by atoms with Crippen molar-refractivity contribution in [3.63, 3.8) is 0 Å². The summed E-state index contributed by atoms with van der Waals surface area (Å²) in [7, 11) is 0. The van der Waals surface area contributed by atoms with Gasteiger partial charge in [-0.15, -0.1) is 10.2 Å². The second kappa shape index (κ2) is 9.16. The van der Waals surface area contributed by atoms with E-state index in [0.717, 1.165) is 17.8 Å². The molecule has 29 heavy (non-hydrogen) atoms. The molecule has 0 fully saturated rings. The monoisotopic (exact) mass is 401 g/mol. The van der Waals surface area contributed by atoms with Crippen molar-refractivity contribution in [3.8, 4) is 5.69 Å². The molecule has 0 aliphatic carbocycles. The standard InChI is InChI=1S/C22H19N5OS/c28-21(15-29-22-26-24-16-27(22)20-4-2-1-3-5-20)25-19-8-6-17(7-9-19)14-18-10-12-23-13-11-18/h1-13,16H,14-15H2,(H,25,28). The van der Waals surface area contributed by atoms with Crippen molar-refractivity contribution in [2.45, 2.75) is 11.6 Å². The number of nitrogens with one attached hydrogen (secondary N) is 1. The van der Waals surface area contributed by atoms with Crippen LogP contribution in [-0.4, -0.2) is 31.4 Å². The molecule has 144 valence electrons. The molecule has 0 bridgehead atoms. The van der Waals surface area contributed by atoms with Crippen molar-refractivity contribution < 1.29 is 4.79 Å². The molecule has 2 heterocycles. The molecule has 0 spiro atoms. The molecule has 0 saturated heterocycles. The van der Waals surface area contributed by atoms with Crippen molar-refractivity contribution in [2.24, 2.45) is 0 Å². The van der Waals surface area contributed by atoms with E-state index in [0.29, 0.717) is 5.16 Å². The number of pyridine rings is 1. The van der Waals surface area contributed by atoms with Crippen LogP contribution in [0.3, 0.4) is 0 Å². The first-order chi connectivity index (χ1) is 14.3. The van der Waals surface area contributed by atoms with E-state index in [9.17, 15) is 4.79 Å². The normalized spacial score (nSPS) is 10.6. The Morgan fingerprint density at radius 2 is 1.66 bits per heavy atom. The lowest BCUT2D eigenvalue weighted by Gasteiger charge is -2.08. The van der Waals surface area contributed by atoms with E-state index in [1.54, 1.807) is 18.7 Å². The van der Waals surface area contributed by atoms with Crippen LogP contribution < -0.4 is 5.32 Å². The number of hydrogen-bond acceptors (Lipinski definition) is 5. The maximum absolute atomic E-state index is 12.3. The van der Waals surface area contributed by atoms with Gasteiger partial charge in [-0.3, -0.25) is 14.3 Å². The van der Waals surface area contributed by atoms with Gasteiger partial charge in [0.1, 0.15) is 6.33 Å². The zero-order valence-electron chi connectivity index (χ0n) is 15.6. The van der Waals surface area contributed by atoms with E-state index in [4.69, 9.17) is 0 Å². The molecule has 1 N–H and O–H groups in total. The zero-order chi connectivity index (χ0) is 19.9. The summed E-state index contributed by atoms with van der Waals surface area (Å²) in [5.74, 6) is 0.170. The Balaban J connectivity index is 1.32. The van der Waals surface area contributed by atoms with Gasteiger partial charge in [-0.2, -0.15) is 0 Å². The summed E-state index contributed by atoms with van der Waals surface area (Å²) >= 11 is 1.35. The average molecular weight is 401 g/mol. The van der Waals surface area contributed by atoms with E-state index < -0.39 is 0 Å². The highest BCUT2D eigenvalue weighted by molar-refractivity contribution is 7.99. The number of anilines is 1. The molecular weight excluding hydrogens is 382 g/mol. The summed E-state index contributed by atoms with van der Waals surface area (Å²) in [5.41, 5.74) is 4.12. The quantitative estimate of drug-likeness (QED) is 0.474. The molecule has 7 heteroatoms. The summed E-state index contributed by atoms with van der Waals surface area (Å²) < 4.78 is 1.87. The Morgan fingerprint density at radius 3 is 2.41 bits per heavy atom. The molecule has 0 aliphatic heterocycles. The number of thioether (sulfide) groups is 1. The Kier molecular flexibility index (Phi) is 5.97. The number of benzene rings is 2. The van der Waals surface area contributed by atoms with Crippen LogP contribution in [0.4, 0.5) is 5.69 Å². The lowest BCUT2D eigenvalue weighted by atomic mass is 10.1. The van der Waals surface area contributed by atoms with E-state index >= 15 is 0 Å². The molecule has 0 aliphatic rings. The minimum Gasteiger partial charge on any atom is -0.325 e. The summed E-state index contributed by atoms with van der Waals surface area (Å²) in [5, 5.41) is 11.7. The molecule has 0 atom stereocenters. The largest absolute Gasteiger partial charge is 0.325 e. The highest BCUT2D eigenvalue weighted by atomic mass is 32.2. The molecule has 2 aromatic carbocycles. The number of hydrogen-bond donors (Lipinski definition) is 1. The highest BCUT2D eigenvalue weighted by Crippen LogP contribution is 2.20. The average Bonchev–Trinajstić information content (AvgIpc) is 3.24. The first-order valence-corrected chi connectivity index (χ1v) is 10.1. The maximum atomic E-state index is 12.3. The summed E-state index contributed by atoms with van der Waals surface area (Å²) in [6, 6.07) is 21.7. The van der Waals surface area contributed by atoms with Crippen molar-refractivity contribution in [1.82, 2.24) is 19.7 Å². The van der Waals surface area contributed by atoms with Gasteiger partial charge < -0.3 is 5.32 Å². The fourth-order valence-electron chi connectivity index (χ4n) is 2.86. The third-order valence-corrected chi connectivity index (χ3v) is 5.22. The number of amides is 1. The van der Waals surface area contributed by atoms with E-state index in [1.807, 2.05) is 71.3 Å². The van der Waals surface area contributed by atoms with Gasteiger partial charge in [0.25, 0.3) is 0 Å². The number of nitrogens with zero attached hydrogens (tertiary/aromatic N) is 4. The Labute approximate surface area is 173 Å². The number of aromatic nitrogens is 4.